The molecule has 0 aromatic carbocycles. The maximum absolute atomic E-state index is 11.4. The van der Waals surface area contributed by atoms with Gasteiger partial charge in [0.1, 0.15) is 0 Å². The predicted octanol–water partition coefficient (Wildman–Crippen LogP) is 0.0655. The fraction of sp³-hybridized carbons (Fsp3) is 0.667. The van der Waals surface area contributed by atoms with Crippen molar-refractivity contribution in [3.63, 3.8) is 0 Å². The third-order valence-corrected chi connectivity index (χ3v) is 4.11. The summed E-state index contributed by atoms with van der Waals surface area (Å²) in [4.78, 5) is 12.8. The Bertz CT molecular complexity index is 334. The molecule has 0 aliphatic carbocycles. The summed E-state index contributed by atoms with van der Waals surface area (Å²) in [6.45, 7) is 6.02. The van der Waals surface area contributed by atoms with Gasteiger partial charge in [-0.1, -0.05) is 13.5 Å². The van der Waals surface area contributed by atoms with Crippen molar-refractivity contribution in [3.8, 4) is 0 Å². The zero-order chi connectivity index (χ0) is 10.8. The summed E-state index contributed by atoms with van der Waals surface area (Å²) in [5.74, 6) is 0.0607. The molecule has 0 aromatic heterocycles. The van der Waals surface area contributed by atoms with Gasteiger partial charge in [-0.15, -0.1) is 0 Å². The third kappa shape index (κ3) is 2.83. The molecular formula is C9H15NO3S. The molecule has 1 unspecified atom stereocenters. The quantitative estimate of drug-likeness (QED) is 0.584. The number of nitrogens with zero attached hydrogens (tertiary/aromatic N) is 1. The lowest BCUT2D eigenvalue weighted by molar-refractivity contribution is -0.126. The molecule has 5 heteroatoms. The Hall–Kier alpha value is -0.840. The highest BCUT2D eigenvalue weighted by atomic mass is 32.2. The molecule has 1 rings (SSSR count). The van der Waals surface area contributed by atoms with Gasteiger partial charge in [0.15, 0.2) is 9.84 Å². The van der Waals surface area contributed by atoms with Crippen LogP contribution in [0.2, 0.25) is 0 Å². The van der Waals surface area contributed by atoms with E-state index in [4.69, 9.17) is 0 Å². The Labute approximate surface area is 84.5 Å². The summed E-state index contributed by atoms with van der Waals surface area (Å²) in [5, 5.41) is 0. The largest absolute Gasteiger partial charge is 0.338 e. The van der Waals surface area contributed by atoms with Gasteiger partial charge in [-0.2, -0.15) is 0 Å². The summed E-state index contributed by atoms with van der Waals surface area (Å²) >= 11 is 0. The van der Waals surface area contributed by atoms with Gasteiger partial charge in [-0.05, 0) is 12.0 Å². The van der Waals surface area contributed by atoms with Crippen molar-refractivity contribution in [1.29, 1.82) is 0 Å². The minimum absolute atomic E-state index is 0.00593. The Balaban J connectivity index is 2.77. The van der Waals surface area contributed by atoms with Crippen LogP contribution in [0.25, 0.3) is 0 Å². The van der Waals surface area contributed by atoms with Crippen molar-refractivity contribution >= 4 is 15.7 Å². The molecule has 0 N–H and O–H groups in total. The monoisotopic (exact) mass is 217 g/mol. The van der Waals surface area contributed by atoms with Gasteiger partial charge in [0.25, 0.3) is 0 Å². The normalized spacial score (nSPS) is 26.6. The van der Waals surface area contributed by atoms with Crippen molar-refractivity contribution in [2.24, 2.45) is 5.92 Å². The van der Waals surface area contributed by atoms with Crippen LogP contribution in [0.15, 0.2) is 12.7 Å². The molecule has 1 aliphatic heterocycles. The average Bonchev–Trinajstić information content (AvgIpc) is 2.22. The highest BCUT2D eigenvalue weighted by Crippen LogP contribution is 2.11. The molecule has 0 bridgehead atoms. The number of amides is 1. The number of hydrogen-bond acceptors (Lipinski definition) is 3. The van der Waals surface area contributed by atoms with Crippen LogP contribution in [0.1, 0.15) is 6.92 Å². The first-order chi connectivity index (χ1) is 6.44. The van der Waals surface area contributed by atoms with Crippen LogP contribution >= 0.6 is 0 Å². The second kappa shape index (κ2) is 4.13. The molecule has 0 aromatic rings. The van der Waals surface area contributed by atoms with E-state index in [1.165, 1.54) is 6.08 Å². The first-order valence-corrected chi connectivity index (χ1v) is 6.38. The summed E-state index contributed by atoms with van der Waals surface area (Å²) in [6, 6.07) is 0. The van der Waals surface area contributed by atoms with Gasteiger partial charge in [0.2, 0.25) is 5.91 Å². The summed E-state index contributed by atoms with van der Waals surface area (Å²) in [7, 11) is -2.97. The molecule has 4 nitrogen and oxygen atoms in total. The minimum Gasteiger partial charge on any atom is -0.338 e. The molecule has 0 saturated carbocycles. The van der Waals surface area contributed by atoms with Gasteiger partial charge in [-0.3, -0.25) is 4.79 Å². The van der Waals surface area contributed by atoms with Gasteiger partial charge in [-0.25, -0.2) is 8.42 Å². The maximum atomic E-state index is 11.4. The van der Waals surface area contributed by atoms with Gasteiger partial charge in [0, 0.05) is 13.1 Å². The van der Waals surface area contributed by atoms with Crippen molar-refractivity contribution < 1.29 is 13.2 Å². The van der Waals surface area contributed by atoms with E-state index in [9.17, 15) is 13.2 Å². The van der Waals surface area contributed by atoms with E-state index in [-0.39, 0.29) is 29.9 Å². The number of rotatable bonds is 1. The second-order valence-corrected chi connectivity index (χ2v) is 5.94. The van der Waals surface area contributed by atoms with E-state index in [0.717, 1.165) is 0 Å². The molecule has 0 radical (unpaired) electrons. The zero-order valence-corrected chi connectivity index (χ0v) is 9.09. The van der Waals surface area contributed by atoms with Crippen LogP contribution in [0.4, 0.5) is 0 Å². The standard InChI is InChI=1S/C9H15NO3S/c1-3-9(11)10-4-5-14(12,13)7-8(2)6-10/h3,8H,1,4-7H2,2H3. The summed E-state index contributed by atoms with van der Waals surface area (Å²) < 4.78 is 22.7. The van der Waals surface area contributed by atoms with Crippen molar-refractivity contribution in [2.45, 2.75) is 6.92 Å². The van der Waals surface area contributed by atoms with Crippen molar-refractivity contribution in [3.05, 3.63) is 12.7 Å². The Morgan fingerprint density at radius 2 is 2.21 bits per heavy atom. The Kier molecular flexibility index (Phi) is 3.31. The first kappa shape index (κ1) is 11.2. The van der Waals surface area contributed by atoms with Crippen LogP contribution in [-0.4, -0.2) is 43.8 Å². The SMILES string of the molecule is C=CC(=O)N1CCS(=O)(=O)CC(C)C1. The molecular weight excluding hydrogens is 202 g/mol. The first-order valence-electron chi connectivity index (χ1n) is 4.56. The highest BCUT2D eigenvalue weighted by molar-refractivity contribution is 7.91. The number of sulfone groups is 1. The van der Waals surface area contributed by atoms with Crippen LogP contribution in [-0.2, 0) is 14.6 Å². The van der Waals surface area contributed by atoms with E-state index < -0.39 is 9.84 Å². The molecule has 1 heterocycles. The molecule has 0 spiro atoms. The molecule has 1 amide bonds. The van der Waals surface area contributed by atoms with Gasteiger partial charge in [0.05, 0.1) is 11.5 Å². The Morgan fingerprint density at radius 1 is 1.57 bits per heavy atom. The van der Waals surface area contributed by atoms with E-state index in [0.29, 0.717) is 6.54 Å². The van der Waals surface area contributed by atoms with Gasteiger partial charge < -0.3 is 4.90 Å². The lowest BCUT2D eigenvalue weighted by atomic mass is 10.2. The molecule has 1 atom stereocenters. The van der Waals surface area contributed by atoms with Crippen LogP contribution in [0, 0.1) is 5.92 Å². The Morgan fingerprint density at radius 3 is 2.79 bits per heavy atom. The molecule has 1 saturated heterocycles. The second-order valence-electron chi connectivity index (χ2n) is 3.71. The third-order valence-electron chi connectivity index (χ3n) is 2.23. The molecule has 80 valence electrons. The van der Waals surface area contributed by atoms with E-state index in [1.54, 1.807) is 4.90 Å². The molecule has 14 heavy (non-hydrogen) atoms. The van der Waals surface area contributed by atoms with Crippen LogP contribution in [0.5, 0.6) is 0 Å². The average molecular weight is 217 g/mol. The number of carbonyl (C=O) groups is 1. The fourth-order valence-electron chi connectivity index (χ4n) is 1.62. The van der Waals surface area contributed by atoms with E-state index >= 15 is 0 Å². The predicted molar refractivity (Wildman–Crippen MR) is 54.6 cm³/mol. The van der Waals surface area contributed by atoms with Gasteiger partial charge >= 0.3 is 0 Å². The highest BCUT2D eigenvalue weighted by Gasteiger charge is 2.25. The van der Waals surface area contributed by atoms with Crippen molar-refractivity contribution in [1.82, 2.24) is 4.90 Å². The molecule has 1 fully saturated rings. The topological polar surface area (TPSA) is 54.5 Å². The minimum atomic E-state index is -2.97. The summed E-state index contributed by atoms with van der Waals surface area (Å²) in [5.41, 5.74) is 0. The summed E-state index contributed by atoms with van der Waals surface area (Å²) in [6.07, 6.45) is 1.23. The van der Waals surface area contributed by atoms with Crippen LogP contribution < -0.4 is 0 Å². The lowest BCUT2D eigenvalue weighted by Crippen LogP contribution is -2.33. The van der Waals surface area contributed by atoms with E-state index in [2.05, 4.69) is 6.58 Å². The maximum Gasteiger partial charge on any atom is 0.245 e. The number of hydrogen-bond donors (Lipinski definition) is 0. The number of carbonyl (C=O) groups excluding carboxylic acids is 1. The zero-order valence-electron chi connectivity index (χ0n) is 8.27. The molecule has 1 aliphatic rings. The van der Waals surface area contributed by atoms with Crippen LogP contribution in [0.3, 0.4) is 0 Å². The fourth-order valence-corrected chi connectivity index (χ4v) is 3.25. The lowest BCUT2D eigenvalue weighted by Gasteiger charge is -2.19. The van der Waals surface area contributed by atoms with E-state index in [1.807, 2.05) is 6.92 Å². The van der Waals surface area contributed by atoms with Crippen molar-refractivity contribution in [2.75, 3.05) is 24.6 Å². The smallest absolute Gasteiger partial charge is 0.245 e.